The average Bonchev–Trinajstić information content (AvgIpc) is 3.74. The molecule has 0 bridgehead atoms. The summed E-state index contributed by atoms with van der Waals surface area (Å²) in [6, 6.07) is 15.0. The fourth-order valence-corrected chi connectivity index (χ4v) is 5.76. The molecule has 1 saturated carbocycles. The number of carbonyl (C=O) groups is 4. The van der Waals surface area contributed by atoms with Gasteiger partial charge in [-0.1, -0.05) is 62.1 Å². The molecule has 2 N–H and O–H groups in total. The molecule has 3 heterocycles. The van der Waals surface area contributed by atoms with Gasteiger partial charge in [-0.25, -0.2) is 29.8 Å². The van der Waals surface area contributed by atoms with Crippen molar-refractivity contribution in [2.24, 2.45) is 11.8 Å². The molecule has 13 heteroatoms. The average molecular weight is 602 g/mol. The summed E-state index contributed by atoms with van der Waals surface area (Å²) in [7, 11) is 0. The van der Waals surface area contributed by atoms with Crippen LogP contribution in [0.2, 0.25) is 0 Å². The van der Waals surface area contributed by atoms with Crippen LogP contribution in [0, 0.1) is 11.8 Å². The molecule has 0 radical (unpaired) electrons. The summed E-state index contributed by atoms with van der Waals surface area (Å²) in [5.74, 6) is -1.77. The molecular formula is C31H35N7O6. The molecule has 1 aliphatic carbocycles. The summed E-state index contributed by atoms with van der Waals surface area (Å²) >= 11 is 0. The molecule has 2 aliphatic rings. The van der Waals surface area contributed by atoms with Crippen molar-refractivity contribution in [3.8, 4) is 11.4 Å². The van der Waals surface area contributed by atoms with Crippen molar-refractivity contribution >= 4 is 30.3 Å². The molecule has 230 valence electrons. The molecule has 13 nitrogen and oxygen atoms in total. The lowest BCUT2D eigenvalue weighted by atomic mass is 9.92. The third-order valence-corrected chi connectivity index (χ3v) is 7.90. The number of nitrogens with zero attached hydrogens (tertiary/aromatic N) is 6. The maximum absolute atomic E-state index is 14.2. The minimum absolute atomic E-state index is 0.0145. The Morgan fingerprint density at radius 1 is 1.00 bits per heavy atom. The number of nitrogens with one attached hydrogen (secondary N) is 1. The number of hydrazine groups is 1. The van der Waals surface area contributed by atoms with E-state index in [2.05, 4.69) is 20.3 Å². The fourth-order valence-electron chi connectivity index (χ4n) is 5.76. The predicted molar refractivity (Wildman–Crippen MR) is 157 cm³/mol. The summed E-state index contributed by atoms with van der Waals surface area (Å²) in [4.78, 5) is 65.3. The quantitative estimate of drug-likeness (QED) is 0.190. The predicted octanol–water partition coefficient (Wildman–Crippen LogP) is 3.68. The zero-order valence-electron chi connectivity index (χ0n) is 24.2. The van der Waals surface area contributed by atoms with Gasteiger partial charge in [-0.3, -0.25) is 29.9 Å². The second kappa shape index (κ2) is 14.5. The van der Waals surface area contributed by atoms with E-state index in [1.165, 1.54) is 6.20 Å². The number of hydroxylamine groups is 2. The maximum atomic E-state index is 14.2. The van der Waals surface area contributed by atoms with Crippen molar-refractivity contribution < 1.29 is 29.1 Å². The molecule has 0 spiro atoms. The number of amides is 4. The second-order valence-corrected chi connectivity index (χ2v) is 10.9. The number of aromatic nitrogens is 3. The van der Waals surface area contributed by atoms with Gasteiger partial charge >= 0.3 is 6.09 Å². The number of hydrogen-bond acceptors (Lipinski definition) is 9. The number of pyridine rings is 1. The Morgan fingerprint density at radius 3 is 2.50 bits per heavy atom. The topological polar surface area (TPSA) is 158 Å². The van der Waals surface area contributed by atoms with Crippen molar-refractivity contribution in [3.05, 3.63) is 72.6 Å². The van der Waals surface area contributed by atoms with Crippen LogP contribution in [0.3, 0.4) is 0 Å². The first-order chi connectivity index (χ1) is 21.4. The van der Waals surface area contributed by atoms with Crippen LogP contribution < -0.4 is 5.32 Å². The molecule has 0 unspecified atom stereocenters. The zero-order valence-corrected chi connectivity index (χ0v) is 24.2. The molecular weight excluding hydrogens is 566 g/mol. The molecule has 44 heavy (non-hydrogen) atoms. The minimum Gasteiger partial charge on any atom is -0.443 e. The van der Waals surface area contributed by atoms with Gasteiger partial charge in [0.05, 0.1) is 23.9 Å². The van der Waals surface area contributed by atoms with Crippen molar-refractivity contribution in [1.29, 1.82) is 0 Å². The van der Waals surface area contributed by atoms with Crippen molar-refractivity contribution in [3.63, 3.8) is 0 Å². The number of carbonyl (C=O) groups excluding carboxylic acids is 4. The molecule has 2 aromatic heterocycles. The lowest BCUT2D eigenvalue weighted by Crippen LogP contribution is -2.55. The number of anilines is 1. The van der Waals surface area contributed by atoms with Crippen molar-refractivity contribution in [1.82, 2.24) is 30.0 Å². The SMILES string of the molecule is O=CN(O)C[C@@H](CC1CCCC1)C(=O)N1[C@H](C(=O)Nc2nccc(-c3ccccn3)n2)CCN1C(=O)OCc1ccccc1. The van der Waals surface area contributed by atoms with E-state index < -0.39 is 29.9 Å². The highest BCUT2D eigenvalue weighted by Gasteiger charge is 2.46. The van der Waals surface area contributed by atoms with Crippen LogP contribution in [0.5, 0.6) is 0 Å². The van der Waals surface area contributed by atoms with E-state index in [4.69, 9.17) is 4.74 Å². The molecule has 2 atom stereocenters. The lowest BCUT2D eigenvalue weighted by molar-refractivity contribution is -0.164. The van der Waals surface area contributed by atoms with Gasteiger partial charge in [-0.15, -0.1) is 0 Å². The summed E-state index contributed by atoms with van der Waals surface area (Å²) < 4.78 is 5.53. The van der Waals surface area contributed by atoms with Crippen LogP contribution in [0.25, 0.3) is 11.4 Å². The Hall–Kier alpha value is -4.91. The minimum atomic E-state index is -1.09. The Morgan fingerprint density at radius 2 is 1.77 bits per heavy atom. The third-order valence-electron chi connectivity index (χ3n) is 7.90. The summed E-state index contributed by atoms with van der Waals surface area (Å²) in [5, 5.41) is 15.4. The second-order valence-electron chi connectivity index (χ2n) is 10.9. The van der Waals surface area contributed by atoms with Crippen LogP contribution in [0.1, 0.15) is 44.1 Å². The monoisotopic (exact) mass is 601 g/mol. The van der Waals surface area contributed by atoms with Gasteiger partial charge in [0.15, 0.2) is 0 Å². The Labute approximate surface area is 254 Å². The van der Waals surface area contributed by atoms with Gasteiger partial charge in [0.1, 0.15) is 12.6 Å². The normalized spacial score (nSPS) is 17.2. The van der Waals surface area contributed by atoms with Gasteiger partial charge in [0, 0.05) is 18.9 Å². The van der Waals surface area contributed by atoms with E-state index in [0.717, 1.165) is 41.3 Å². The highest BCUT2D eigenvalue weighted by Crippen LogP contribution is 2.33. The van der Waals surface area contributed by atoms with Gasteiger partial charge in [0.25, 0.3) is 5.91 Å². The van der Waals surface area contributed by atoms with Gasteiger partial charge < -0.3 is 4.74 Å². The highest BCUT2D eigenvalue weighted by molar-refractivity contribution is 5.97. The molecule has 1 aromatic carbocycles. The smallest absolute Gasteiger partial charge is 0.429 e. The number of hydrogen-bond donors (Lipinski definition) is 2. The van der Waals surface area contributed by atoms with Crippen molar-refractivity contribution in [2.45, 2.75) is 51.2 Å². The number of rotatable bonds is 11. The summed E-state index contributed by atoms with van der Waals surface area (Å²) in [6.07, 6.45) is 7.01. The number of benzene rings is 1. The van der Waals surface area contributed by atoms with Crippen LogP contribution in [-0.2, 0) is 25.7 Å². The first-order valence-corrected chi connectivity index (χ1v) is 14.7. The molecule has 4 amide bonds. The van der Waals surface area contributed by atoms with Crippen LogP contribution in [0.4, 0.5) is 10.7 Å². The van der Waals surface area contributed by atoms with Crippen molar-refractivity contribution in [2.75, 3.05) is 18.4 Å². The van der Waals surface area contributed by atoms with Gasteiger partial charge in [0.2, 0.25) is 18.3 Å². The molecule has 1 aliphatic heterocycles. The van der Waals surface area contributed by atoms with Crippen LogP contribution in [0.15, 0.2) is 67.0 Å². The van der Waals surface area contributed by atoms with E-state index >= 15 is 0 Å². The lowest BCUT2D eigenvalue weighted by Gasteiger charge is -2.34. The summed E-state index contributed by atoms with van der Waals surface area (Å²) in [5.41, 5.74) is 1.85. The van der Waals surface area contributed by atoms with Gasteiger partial charge in [-0.2, -0.15) is 0 Å². The highest BCUT2D eigenvalue weighted by atomic mass is 16.6. The largest absolute Gasteiger partial charge is 0.443 e. The maximum Gasteiger partial charge on any atom is 0.429 e. The van der Waals surface area contributed by atoms with E-state index in [1.807, 2.05) is 36.4 Å². The van der Waals surface area contributed by atoms with E-state index in [0.29, 0.717) is 22.9 Å². The Balaban J connectivity index is 1.38. The standard InChI is InChI=1S/C31H35N7O6/c39-21-36(43)19-24(18-22-8-4-5-9-22)29(41)38-27(14-17-37(38)31(42)44-20-23-10-2-1-3-11-23)28(40)35-30-33-16-13-26(34-30)25-12-6-7-15-32-25/h1-3,6-7,10-13,15-16,21-22,24,27,43H,4-5,8-9,14,17-20H2,(H,33,34,35,40)/t24-,27+/m1/s1. The molecule has 2 fully saturated rings. The molecule has 3 aromatic rings. The zero-order chi connectivity index (χ0) is 30.9. The number of ether oxygens (including phenoxy) is 1. The fraction of sp³-hybridized carbons (Fsp3) is 0.387. The van der Waals surface area contributed by atoms with Crippen LogP contribution >= 0.6 is 0 Å². The van der Waals surface area contributed by atoms with E-state index in [9.17, 15) is 24.4 Å². The first kappa shape index (κ1) is 30.5. The van der Waals surface area contributed by atoms with E-state index in [-0.39, 0.29) is 44.4 Å². The molecule has 5 rings (SSSR count). The van der Waals surface area contributed by atoms with Gasteiger partial charge in [-0.05, 0) is 42.5 Å². The Kier molecular flexibility index (Phi) is 10.1. The van der Waals surface area contributed by atoms with E-state index in [1.54, 1.807) is 24.4 Å². The van der Waals surface area contributed by atoms with Crippen LogP contribution in [-0.4, -0.2) is 78.7 Å². The summed E-state index contributed by atoms with van der Waals surface area (Å²) in [6.45, 7) is -0.255. The Bertz CT molecular complexity index is 1440. The molecule has 1 saturated heterocycles. The third kappa shape index (κ3) is 7.53. The first-order valence-electron chi connectivity index (χ1n) is 14.7.